The predicted octanol–water partition coefficient (Wildman–Crippen LogP) is 4.38. The van der Waals surface area contributed by atoms with E-state index in [0.29, 0.717) is 19.0 Å². The quantitative estimate of drug-likeness (QED) is 0.595. The molecule has 0 aliphatic carbocycles. The van der Waals surface area contributed by atoms with Crippen LogP contribution in [0.25, 0.3) is 10.2 Å². The first kappa shape index (κ1) is 18.1. The van der Waals surface area contributed by atoms with Crippen molar-refractivity contribution < 1.29 is 14.3 Å². The van der Waals surface area contributed by atoms with Gasteiger partial charge in [-0.05, 0) is 37.3 Å². The lowest BCUT2D eigenvalue weighted by Crippen LogP contribution is -2.31. The number of benzene rings is 2. The monoisotopic (exact) mass is 400 g/mol. The number of thiazole rings is 1. The Balaban J connectivity index is 1.40. The summed E-state index contributed by atoms with van der Waals surface area (Å²) < 4.78 is 12.3. The lowest BCUT2D eigenvalue weighted by Gasteiger charge is -2.23. The van der Waals surface area contributed by atoms with Crippen LogP contribution in [-0.4, -0.2) is 41.8 Å². The van der Waals surface area contributed by atoms with Crippen LogP contribution >= 0.6 is 23.1 Å². The molecule has 1 aliphatic rings. The molecule has 0 bridgehead atoms. The highest BCUT2D eigenvalue weighted by Crippen LogP contribution is 2.34. The van der Waals surface area contributed by atoms with Gasteiger partial charge in [0, 0.05) is 11.9 Å². The van der Waals surface area contributed by atoms with Gasteiger partial charge in [-0.1, -0.05) is 12.1 Å². The lowest BCUT2D eigenvalue weighted by molar-refractivity contribution is -0.128. The average molecular weight is 401 g/mol. The van der Waals surface area contributed by atoms with Crippen LogP contribution in [0.5, 0.6) is 11.5 Å². The van der Waals surface area contributed by atoms with Gasteiger partial charge in [0.1, 0.15) is 18.2 Å². The van der Waals surface area contributed by atoms with Crippen molar-refractivity contribution in [1.29, 1.82) is 0 Å². The number of fused-ring (bicyclic) bond motifs is 2. The molecule has 1 atom stereocenters. The van der Waals surface area contributed by atoms with E-state index in [-0.39, 0.29) is 11.9 Å². The first-order valence-electron chi connectivity index (χ1n) is 8.75. The molecule has 3 aromatic rings. The third kappa shape index (κ3) is 3.89. The van der Waals surface area contributed by atoms with E-state index in [9.17, 15) is 4.79 Å². The number of nitrogens with zero attached hydrogens (tertiary/aromatic N) is 2. The van der Waals surface area contributed by atoms with Gasteiger partial charge in [-0.3, -0.25) is 4.79 Å². The summed E-state index contributed by atoms with van der Waals surface area (Å²) in [5.41, 5.74) is 0.982. The number of para-hydroxylation sites is 1. The molecule has 0 saturated heterocycles. The third-order valence-electron chi connectivity index (χ3n) is 4.52. The molecule has 1 unspecified atom stereocenters. The van der Waals surface area contributed by atoms with Crippen LogP contribution in [0.15, 0.2) is 47.4 Å². The van der Waals surface area contributed by atoms with Gasteiger partial charge in [-0.15, -0.1) is 23.1 Å². The van der Waals surface area contributed by atoms with Crippen LogP contribution in [-0.2, 0) is 4.79 Å². The van der Waals surface area contributed by atoms with Crippen LogP contribution in [0.3, 0.4) is 0 Å². The van der Waals surface area contributed by atoms with E-state index in [1.807, 2.05) is 50.4 Å². The number of hydrogen-bond donors (Lipinski definition) is 0. The summed E-state index contributed by atoms with van der Waals surface area (Å²) in [6.07, 6.45) is 0. The van der Waals surface area contributed by atoms with E-state index >= 15 is 0 Å². The highest BCUT2D eigenvalue weighted by Gasteiger charge is 2.21. The van der Waals surface area contributed by atoms with Crippen molar-refractivity contribution in [3.63, 3.8) is 0 Å². The van der Waals surface area contributed by atoms with E-state index in [1.165, 1.54) is 11.8 Å². The van der Waals surface area contributed by atoms with Crippen LogP contribution < -0.4 is 9.47 Å². The van der Waals surface area contributed by atoms with Gasteiger partial charge in [-0.25, -0.2) is 4.98 Å². The van der Waals surface area contributed by atoms with Crippen molar-refractivity contribution >= 4 is 39.2 Å². The highest BCUT2D eigenvalue weighted by molar-refractivity contribution is 8.00. The van der Waals surface area contributed by atoms with Crippen molar-refractivity contribution in [2.45, 2.75) is 17.9 Å². The molecule has 2 aromatic carbocycles. The molecule has 0 fully saturated rings. The van der Waals surface area contributed by atoms with Gasteiger partial charge in [0.15, 0.2) is 11.5 Å². The zero-order chi connectivity index (χ0) is 18.8. The molecular weight excluding hydrogens is 380 g/mol. The summed E-state index contributed by atoms with van der Waals surface area (Å²) in [6, 6.07) is 13.8. The Morgan fingerprint density at radius 1 is 1.22 bits per heavy atom. The molecule has 0 N–H and O–H groups in total. The van der Waals surface area contributed by atoms with E-state index in [0.717, 1.165) is 31.6 Å². The smallest absolute Gasteiger partial charge is 0.233 e. The topological polar surface area (TPSA) is 51.7 Å². The molecular formula is C20H20N2O3S2. The maximum absolute atomic E-state index is 12.7. The van der Waals surface area contributed by atoms with Gasteiger partial charge < -0.3 is 14.4 Å². The first-order chi connectivity index (χ1) is 13.1. The molecule has 0 radical (unpaired) electrons. The lowest BCUT2D eigenvalue weighted by atomic mass is 10.3. The second-order valence-corrected chi connectivity index (χ2v) is 8.41. The van der Waals surface area contributed by atoms with Crippen molar-refractivity contribution in [3.05, 3.63) is 47.5 Å². The van der Waals surface area contributed by atoms with Gasteiger partial charge in [0.05, 0.1) is 22.0 Å². The Morgan fingerprint density at radius 2 is 2.00 bits per heavy atom. The molecule has 4 rings (SSSR count). The second kappa shape index (κ2) is 7.78. The normalized spacial score (nSPS) is 14.1. The fourth-order valence-electron chi connectivity index (χ4n) is 2.81. The number of thioether (sulfide) groups is 1. The molecule has 0 saturated carbocycles. The number of ether oxygens (including phenoxy) is 2. The average Bonchev–Trinajstić information content (AvgIpc) is 3.15. The molecule has 1 aliphatic heterocycles. The number of carbonyl (C=O) groups is 1. The zero-order valence-corrected chi connectivity index (χ0v) is 16.8. The Morgan fingerprint density at radius 3 is 2.81 bits per heavy atom. The molecule has 7 heteroatoms. The molecule has 1 aromatic heterocycles. The van der Waals surface area contributed by atoms with E-state index in [1.54, 1.807) is 16.2 Å². The Kier molecular flexibility index (Phi) is 5.22. The number of hydrogen-bond acceptors (Lipinski definition) is 6. The molecule has 0 spiro atoms. The Bertz CT molecular complexity index is 940. The number of rotatable bonds is 5. The largest absolute Gasteiger partial charge is 0.486 e. The zero-order valence-electron chi connectivity index (χ0n) is 15.2. The van der Waals surface area contributed by atoms with Gasteiger partial charge >= 0.3 is 0 Å². The van der Waals surface area contributed by atoms with Crippen molar-refractivity contribution in [2.75, 3.05) is 26.0 Å². The van der Waals surface area contributed by atoms with Gasteiger partial charge in [0.2, 0.25) is 5.91 Å². The second-order valence-electron chi connectivity index (χ2n) is 6.29. The standard InChI is InChI=1S/C20H20N2O3S2/c1-13(20-21-15-5-3-4-6-18(15)27-20)22(2)19(23)12-26-14-7-8-16-17(11-14)25-10-9-24-16/h3-8,11,13H,9-10,12H2,1-2H3. The molecule has 1 amide bonds. The summed E-state index contributed by atoms with van der Waals surface area (Å²) in [6.45, 7) is 3.15. The third-order valence-corrected chi connectivity index (χ3v) is 6.70. The first-order valence-corrected chi connectivity index (χ1v) is 10.6. The highest BCUT2D eigenvalue weighted by atomic mass is 32.2. The van der Waals surface area contributed by atoms with Crippen molar-refractivity contribution in [3.8, 4) is 11.5 Å². The SMILES string of the molecule is CC(c1nc2ccccc2s1)N(C)C(=O)CSc1ccc2c(c1)OCCO2. The van der Waals surface area contributed by atoms with Crippen LogP contribution in [0, 0.1) is 0 Å². The van der Waals surface area contributed by atoms with Crippen molar-refractivity contribution in [1.82, 2.24) is 9.88 Å². The summed E-state index contributed by atoms with van der Waals surface area (Å²) in [7, 11) is 1.84. The summed E-state index contributed by atoms with van der Waals surface area (Å²) in [4.78, 5) is 20.1. The Hall–Kier alpha value is -2.25. The minimum atomic E-state index is -0.0595. The summed E-state index contributed by atoms with van der Waals surface area (Å²) in [5, 5.41) is 0.955. The molecule has 27 heavy (non-hydrogen) atoms. The van der Waals surface area contributed by atoms with E-state index in [2.05, 4.69) is 11.1 Å². The number of carbonyl (C=O) groups excluding carboxylic acids is 1. The number of amides is 1. The van der Waals surface area contributed by atoms with E-state index < -0.39 is 0 Å². The van der Waals surface area contributed by atoms with Gasteiger partial charge in [-0.2, -0.15) is 0 Å². The van der Waals surface area contributed by atoms with Crippen molar-refractivity contribution in [2.24, 2.45) is 0 Å². The summed E-state index contributed by atoms with van der Waals surface area (Å²) >= 11 is 3.14. The summed E-state index contributed by atoms with van der Waals surface area (Å²) in [5.74, 6) is 1.95. The van der Waals surface area contributed by atoms with Crippen LogP contribution in [0.1, 0.15) is 18.0 Å². The maximum Gasteiger partial charge on any atom is 0.233 e. The minimum absolute atomic E-state index is 0.0595. The predicted molar refractivity (Wildman–Crippen MR) is 109 cm³/mol. The maximum atomic E-state index is 12.7. The van der Waals surface area contributed by atoms with Gasteiger partial charge in [0.25, 0.3) is 0 Å². The van der Waals surface area contributed by atoms with Crippen LogP contribution in [0.2, 0.25) is 0 Å². The molecule has 5 nitrogen and oxygen atoms in total. The molecule has 140 valence electrons. The van der Waals surface area contributed by atoms with E-state index in [4.69, 9.17) is 9.47 Å². The minimum Gasteiger partial charge on any atom is -0.486 e. The fourth-order valence-corrected chi connectivity index (χ4v) is 4.72. The molecule has 2 heterocycles. The Labute approximate surface area is 166 Å². The van der Waals surface area contributed by atoms with Crippen LogP contribution in [0.4, 0.5) is 0 Å². The fraction of sp³-hybridized carbons (Fsp3) is 0.300. The number of aromatic nitrogens is 1.